The van der Waals surface area contributed by atoms with Gasteiger partial charge in [0, 0.05) is 23.5 Å². The number of amides is 3. The number of fused-ring (bicyclic) bond motifs is 1. The Kier molecular flexibility index (Phi) is 6.15. The maximum atomic E-state index is 12.1. The number of carbonyl (C=O) groups is 3. The minimum Gasteiger partial charge on any atom is -0.480 e. The Morgan fingerprint density at radius 3 is 2.74 bits per heavy atom. The molecular weight excluding hydrogens is 318 g/mol. The lowest BCUT2D eigenvalue weighted by molar-refractivity contribution is -0.145. The first-order valence-corrected chi connectivity index (χ1v) is 9.13. The molecule has 0 bridgehead atoms. The van der Waals surface area contributed by atoms with Crippen LogP contribution in [0, 0.1) is 0 Å². The van der Waals surface area contributed by atoms with E-state index in [1.165, 1.54) is 4.90 Å². The van der Waals surface area contributed by atoms with Gasteiger partial charge in [-0.1, -0.05) is 6.42 Å². The zero-order valence-electron chi connectivity index (χ0n) is 13.6. The summed E-state index contributed by atoms with van der Waals surface area (Å²) in [7, 11) is 0. The molecule has 3 N–H and O–H groups in total. The van der Waals surface area contributed by atoms with E-state index in [2.05, 4.69) is 10.6 Å². The zero-order valence-corrected chi connectivity index (χ0v) is 14.4. The fourth-order valence-corrected chi connectivity index (χ4v) is 4.66. The molecule has 3 amide bonds. The number of urea groups is 1. The molecule has 0 radical (unpaired) electrons. The fourth-order valence-electron chi connectivity index (χ4n) is 3.11. The van der Waals surface area contributed by atoms with Gasteiger partial charge < -0.3 is 20.6 Å². The summed E-state index contributed by atoms with van der Waals surface area (Å²) in [6.07, 6.45) is 2.99. The highest BCUT2D eigenvalue weighted by molar-refractivity contribution is 8.00. The minimum absolute atomic E-state index is 0.0817. The van der Waals surface area contributed by atoms with E-state index in [4.69, 9.17) is 5.11 Å². The molecular formula is C15H25N3O4S. The molecule has 0 aromatic heterocycles. The van der Waals surface area contributed by atoms with Crippen LogP contribution in [0.1, 0.15) is 39.5 Å². The highest BCUT2D eigenvalue weighted by atomic mass is 32.2. The van der Waals surface area contributed by atoms with Crippen molar-refractivity contribution in [1.29, 1.82) is 0 Å². The third kappa shape index (κ3) is 4.76. The number of nitrogens with zero attached hydrogens (tertiary/aromatic N) is 1. The largest absolute Gasteiger partial charge is 0.480 e. The number of hydrogen-bond acceptors (Lipinski definition) is 4. The Labute approximate surface area is 140 Å². The van der Waals surface area contributed by atoms with Gasteiger partial charge in [0.1, 0.15) is 6.54 Å². The third-order valence-electron chi connectivity index (χ3n) is 4.32. The van der Waals surface area contributed by atoms with Crippen molar-refractivity contribution in [2.24, 2.45) is 0 Å². The van der Waals surface area contributed by atoms with Crippen LogP contribution in [0.2, 0.25) is 0 Å². The van der Waals surface area contributed by atoms with E-state index in [9.17, 15) is 14.4 Å². The van der Waals surface area contributed by atoms with Gasteiger partial charge in [-0.05, 0) is 26.7 Å². The van der Waals surface area contributed by atoms with Crippen LogP contribution in [0.25, 0.3) is 0 Å². The van der Waals surface area contributed by atoms with Gasteiger partial charge in [-0.25, -0.2) is 4.79 Å². The Balaban J connectivity index is 1.69. The number of carbonyl (C=O) groups excluding carboxylic acids is 2. The van der Waals surface area contributed by atoms with Gasteiger partial charge in [0.2, 0.25) is 5.91 Å². The van der Waals surface area contributed by atoms with Crippen LogP contribution >= 0.6 is 11.8 Å². The Morgan fingerprint density at radius 1 is 1.35 bits per heavy atom. The van der Waals surface area contributed by atoms with Gasteiger partial charge in [0.25, 0.3) is 0 Å². The molecule has 3 unspecified atom stereocenters. The molecule has 2 saturated heterocycles. The lowest BCUT2D eigenvalue weighted by atomic mass is 10.0. The highest BCUT2D eigenvalue weighted by Crippen LogP contribution is 2.33. The first-order chi connectivity index (χ1) is 10.9. The molecule has 2 aliphatic heterocycles. The monoisotopic (exact) mass is 343 g/mol. The molecule has 0 spiro atoms. The maximum Gasteiger partial charge on any atom is 0.323 e. The molecule has 2 heterocycles. The SMILES string of the molecule is CC(C)N(CC(=O)O)C(=O)CCCCC1SCC2NC(=O)NC21. The second-order valence-corrected chi connectivity index (χ2v) is 7.65. The number of nitrogens with one attached hydrogen (secondary N) is 2. The van der Waals surface area contributed by atoms with Crippen molar-refractivity contribution in [3.8, 4) is 0 Å². The average molecular weight is 343 g/mol. The molecule has 23 heavy (non-hydrogen) atoms. The lowest BCUT2D eigenvalue weighted by Crippen LogP contribution is -2.40. The molecule has 130 valence electrons. The van der Waals surface area contributed by atoms with Crippen molar-refractivity contribution in [2.75, 3.05) is 12.3 Å². The van der Waals surface area contributed by atoms with E-state index in [0.29, 0.717) is 11.7 Å². The van der Waals surface area contributed by atoms with Crippen molar-refractivity contribution in [3.63, 3.8) is 0 Å². The first kappa shape index (κ1) is 17.9. The molecule has 8 heteroatoms. The average Bonchev–Trinajstić information content (AvgIpc) is 3.00. The summed E-state index contributed by atoms with van der Waals surface area (Å²) in [6.45, 7) is 3.41. The van der Waals surface area contributed by atoms with Crippen LogP contribution in [-0.4, -0.2) is 63.6 Å². The highest BCUT2D eigenvalue weighted by Gasteiger charge is 2.42. The van der Waals surface area contributed by atoms with Crippen molar-refractivity contribution < 1.29 is 19.5 Å². The summed E-state index contributed by atoms with van der Waals surface area (Å²) >= 11 is 1.86. The standard InChI is InChI=1S/C15H25N3O4S/c1-9(2)18(7-13(20)21)12(19)6-4-3-5-11-14-10(8-23-11)16-15(22)17-14/h9-11,14H,3-8H2,1-2H3,(H,20,21)(H2,16,17,22). The molecule has 2 aliphatic rings. The number of carboxylic acid groups (broad SMARTS) is 1. The van der Waals surface area contributed by atoms with Crippen LogP contribution in [0.15, 0.2) is 0 Å². The van der Waals surface area contributed by atoms with E-state index >= 15 is 0 Å². The predicted octanol–water partition coefficient (Wildman–Crippen LogP) is 1.03. The van der Waals surface area contributed by atoms with Crippen molar-refractivity contribution >= 4 is 29.7 Å². The van der Waals surface area contributed by atoms with Crippen molar-refractivity contribution in [2.45, 2.75) is 62.9 Å². The van der Waals surface area contributed by atoms with Gasteiger partial charge in [0.05, 0.1) is 12.1 Å². The normalized spacial score (nSPS) is 25.9. The second kappa shape index (κ2) is 7.90. The van der Waals surface area contributed by atoms with Gasteiger partial charge >= 0.3 is 12.0 Å². The smallest absolute Gasteiger partial charge is 0.323 e. The maximum absolute atomic E-state index is 12.1. The van der Waals surface area contributed by atoms with Crippen LogP contribution in [0.5, 0.6) is 0 Å². The number of thioether (sulfide) groups is 1. The van der Waals surface area contributed by atoms with Crippen LogP contribution < -0.4 is 10.6 Å². The summed E-state index contributed by atoms with van der Waals surface area (Å²) < 4.78 is 0. The molecule has 2 fully saturated rings. The number of unbranched alkanes of at least 4 members (excludes halogenated alkanes) is 1. The van der Waals surface area contributed by atoms with Gasteiger partial charge in [-0.2, -0.15) is 11.8 Å². The van der Waals surface area contributed by atoms with Crippen molar-refractivity contribution in [1.82, 2.24) is 15.5 Å². The Hall–Kier alpha value is -1.44. The minimum atomic E-state index is -0.982. The number of aliphatic carboxylic acids is 1. The summed E-state index contributed by atoms with van der Waals surface area (Å²) in [6, 6.07) is 0.236. The molecule has 0 aromatic carbocycles. The number of hydrogen-bond donors (Lipinski definition) is 3. The van der Waals surface area contributed by atoms with E-state index in [-0.39, 0.29) is 36.6 Å². The van der Waals surface area contributed by atoms with Gasteiger partial charge in [-0.3, -0.25) is 9.59 Å². The summed E-state index contributed by atoms with van der Waals surface area (Å²) in [4.78, 5) is 35.7. The summed E-state index contributed by atoms with van der Waals surface area (Å²) in [5.41, 5.74) is 0. The van der Waals surface area contributed by atoms with E-state index in [1.54, 1.807) is 0 Å². The summed E-state index contributed by atoms with van der Waals surface area (Å²) in [5, 5.41) is 15.1. The van der Waals surface area contributed by atoms with Crippen LogP contribution in [-0.2, 0) is 9.59 Å². The fraction of sp³-hybridized carbons (Fsp3) is 0.800. The van der Waals surface area contributed by atoms with Crippen molar-refractivity contribution in [3.05, 3.63) is 0 Å². The lowest BCUT2D eigenvalue weighted by Gasteiger charge is -2.25. The topological polar surface area (TPSA) is 98.7 Å². The van der Waals surface area contributed by atoms with Crippen LogP contribution in [0.4, 0.5) is 4.79 Å². The second-order valence-electron chi connectivity index (χ2n) is 6.38. The summed E-state index contributed by atoms with van der Waals surface area (Å²) in [5.74, 6) is -0.146. The van der Waals surface area contributed by atoms with Crippen LogP contribution in [0.3, 0.4) is 0 Å². The Bertz CT molecular complexity index is 472. The molecule has 7 nitrogen and oxygen atoms in total. The van der Waals surface area contributed by atoms with Gasteiger partial charge in [-0.15, -0.1) is 0 Å². The number of rotatable bonds is 8. The van der Waals surface area contributed by atoms with E-state index in [0.717, 1.165) is 25.0 Å². The first-order valence-electron chi connectivity index (χ1n) is 8.08. The molecule has 3 atom stereocenters. The predicted molar refractivity (Wildman–Crippen MR) is 88.4 cm³/mol. The van der Waals surface area contributed by atoms with Gasteiger partial charge in [0.15, 0.2) is 0 Å². The zero-order chi connectivity index (χ0) is 17.0. The molecule has 2 rings (SSSR count). The quantitative estimate of drug-likeness (QED) is 0.452. The van der Waals surface area contributed by atoms with E-state index < -0.39 is 5.97 Å². The Morgan fingerprint density at radius 2 is 2.09 bits per heavy atom. The van der Waals surface area contributed by atoms with E-state index in [1.807, 2.05) is 25.6 Å². The number of carboxylic acids is 1. The molecule has 0 saturated carbocycles. The molecule has 0 aliphatic carbocycles. The molecule has 0 aromatic rings. The third-order valence-corrected chi connectivity index (χ3v) is 5.83.